The van der Waals surface area contributed by atoms with Crippen LogP contribution in [0.5, 0.6) is 11.5 Å². The monoisotopic (exact) mass is 181 g/mol. The number of hydrogen-bond acceptors (Lipinski definition) is 3. The third-order valence-electron chi connectivity index (χ3n) is 1.55. The molecule has 0 fully saturated rings. The van der Waals surface area contributed by atoms with Gasteiger partial charge in [-0.25, -0.2) is 0 Å². The summed E-state index contributed by atoms with van der Waals surface area (Å²) in [6.07, 6.45) is 0. The predicted octanol–water partition coefficient (Wildman–Crippen LogP) is 1.42. The molecule has 3 heteroatoms. The molecule has 1 aromatic carbocycles. The van der Waals surface area contributed by atoms with Gasteiger partial charge in [0.2, 0.25) is 0 Å². The van der Waals surface area contributed by atoms with Crippen LogP contribution in [0.1, 0.15) is 6.92 Å². The quantitative estimate of drug-likeness (QED) is 0.764. The highest BCUT2D eigenvalue weighted by Gasteiger charge is 1.98. The smallest absolute Gasteiger partial charge is 0.123 e. The highest BCUT2D eigenvalue weighted by Crippen LogP contribution is 2.18. The molecule has 0 bridgehead atoms. The lowest BCUT2D eigenvalue weighted by molar-refractivity contribution is 0.294. The van der Waals surface area contributed by atoms with Crippen LogP contribution < -0.4 is 15.2 Å². The minimum absolute atomic E-state index is 0.0474. The maximum Gasteiger partial charge on any atom is 0.123 e. The van der Waals surface area contributed by atoms with Gasteiger partial charge >= 0.3 is 0 Å². The molecule has 0 radical (unpaired) electrons. The van der Waals surface area contributed by atoms with E-state index >= 15 is 0 Å². The lowest BCUT2D eigenvalue weighted by Crippen LogP contribution is -2.23. The second-order valence-corrected chi connectivity index (χ2v) is 2.97. The molecule has 0 spiro atoms. The number of benzene rings is 1. The van der Waals surface area contributed by atoms with E-state index in [-0.39, 0.29) is 6.04 Å². The summed E-state index contributed by atoms with van der Waals surface area (Å²) in [7, 11) is 1.63. The number of methoxy groups -OCH3 is 1. The Labute approximate surface area is 78.5 Å². The number of rotatable bonds is 4. The molecular formula is C10H15NO2. The first kappa shape index (κ1) is 9.86. The topological polar surface area (TPSA) is 44.5 Å². The normalized spacial score (nSPS) is 12.2. The first-order chi connectivity index (χ1) is 6.22. The van der Waals surface area contributed by atoms with E-state index in [1.54, 1.807) is 7.11 Å². The molecule has 0 aliphatic heterocycles. The van der Waals surface area contributed by atoms with Gasteiger partial charge in [0, 0.05) is 12.1 Å². The number of nitrogens with two attached hydrogens (primary N) is 1. The van der Waals surface area contributed by atoms with E-state index in [9.17, 15) is 0 Å². The van der Waals surface area contributed by atoms with Crippen molar-refractivity contribution in [2.24, 2.45) is 5.73 Å². The minimum atomic E-state index is 0.0474. The number of ether oxygens (including phenoxy) is 2. The minimum Gasteiger partial charge on any atom is -0.497 e. The van der Waals surface area contributed by atoms with Gasteiger partial charge in [0.05, 0.1) is 7.11 Å². The largest absolute Gasteiger partial charge is 0.497 e. The van der Waals surface area contributed by atoms with Crippen molar-refractivity contribution in [3.05, 3.63) is 24.3 Å². The Morgan fingerprint density at radius 3 is 2.69 bits per heavy atom. The molecule has 0 aliphatic rings. The van der Waals surface area contributed by atoms with Gasteiger partial charge < -0.3 is 15.2 Å². The van der Waals surface area contributed by atoms with Gasteiger partial charge in [-0.1, -0.05) is 6.07 Å². The molecule has 3 nitrogen and oxygen atoms in total. The Morgan fingerprint density at radius 2 is 2.08 bits per heavy atom. The van der Waals surface area contributed by atoms with Gasteiger partial charge in [0.15, 0.2) is 0 Å². The van der Waals surface area contributed by atoms with Crippen molar-refractivity contribution in [2.75, 3.05) is 13.7 Å². The van der Waals surface area contributed by atoms with Crippen molar-refractivity contribution < 1.29 is 9.47 Å². The summed E-state index contributed by atoms with van der Waals surface area (Å²) in [5.74, 6) is 1.58. The van der Waals surface area contributed by atoms with Gasteiger partial charge in [-0.2, -0.15) is 0 Å². The van der Waals surface area contributed by atoms with E-state index in [4.69, 9.17) is 15.2 Å². The molecule has 0 aliphatic carbocycles. The highest BCUT2D eigenvalue weighted by molar-refractivity contribution is 5.32. The van der Waals surface area contributed by atoms with E-state index in [1.165, 1.54) is 0 Å². The Hall–Kier alpha value is -1.22. The summed E-state index contributed by atoms with van der Waals surface area (Å²) in [5, 5.41) is 0. The Bertz CT molecular complexity index is 261. The Morgan fingerprint density at radius 1 is 1.38 bits per heavy atom. The Balaban J connectivity index is 2.56. The van der Waals surface area contributed by atoms with Crippen molar-refractivity contribution in [3.63, 3.8) is 0 Å². The second-order valence-electron chi connectivity index (χ2n) is 2.97. The molecule has 0 amide bonds. The maximum absolute atomic E-state index is 5.55. The maximum atomic E-state index is 5.55. The molecule has 2 N–H and O–H groups in total. The summed E-state index contributed by atoms with van der Waals surface area (Å²) in [4.78, 5) is 0. The average Bonchev–Trinajstić information content (AvgIpc) is 2.15. The molecule has 72 valence electrons. The Kier molecular flexibility index (Phi) is 3.58. The lowest BCUT2D eigenvalue weighted by atomic mass is 10.3. The van der Waals surface area contributed by atoms with Crippen LogP contribution in [0.3, 0.4) is 0 Å². The van der Waals surface area contributed by atoms with Crippen LogP contribution in [-0.2, 0) is 0 Å². The van der Waals surface area contributed by atoms with E-state index < -0.39 is 0 Å². The molecule has 0 saturated heterocycles. The zero-order valence-electron chi connectivity index (χ0n) is 7.99. The average molecular weight is 181 g/mol. The predicted molar refractivity (Wildman–Crippen MR) is 52.1 cm³/mol. The van der Waals surface area contributed by atoms with Gasteiger partial charge in [-0.3, -0.25) is 0 Å². The van der Waals surface area contributed by atoms with Gasteiger partial charge in [0.1, 0.15) is 18.1 Å². The van der Waals surface area contributed by atoms with Crippen LogP contribution in [0.2, 0.25) is 0 Å². The van der Waals surface area contributed by atoms with Crippen LogP contribution in [0.25, 0.3) is 0 Å². The van der Waals surface area contributed by atoms with Crippen molar-refractivity contribution in [2.45, 2.75) is 13.0 Å². The van der Waals surface area contributed by atoms with E-state index in [1.807, 2.05) is 31.2 Å². The van der Waals surface area contributed by atoms with Crippen LogP contribution in [0.15, 0.2) is 24.3 Å². The molecular weight excluding hydrogens is 166 g/mol. The zero-order chi connectivity index (χ0) is 9.68. The molecule has 0 aromatic heterocycles. The van der Waals surface area contributed by atoms with Crippen LogP contribution >= 0.6 is 0 Å². The van der Waals surface area contributed by atoms with E-state index in [0.29, 0.717) is 6.61 Å². The van der Waals surface area contributed by atoms with Crippen molar-refractivity contribution in [3.8, 4) is 11.5 Å². The SMILES string of the molecule is COc1cccc(OC[C@H](C)N)c1. The summed E-state index contributed by atoms with van der Waals surface area (Å²) >= 11 is 0. The van der Waals surface area contributed by atoms with Gasteiger partial charge in [-0.15, -0.1) is 0 Å². The van der Waals surface area contributed by atoms with Gasteiger partial charge in [-0.05, 0) is 19.1 Å². The van der Waals surface area contributed by atoms with Crippen LogP contribution in [0.4, 0.5) is 0 Å². The summed E-state index contributed by atoms with van der Waals surface area (Å²) in [6.45, 7) is 2.42. The molecule has 13 heavy (non-hydrogen) atoms. The van der Waals surface area contributed by atoms with Crippen LogP contribution in [-0.4, -0.2) is 19.8 Å². The highest BCUT2D eigenvalue weighted by atomic mass is 16.5. The molecule has 0 saturated carbocycles. The molecule has 1 atom stereocenters. The fraction of sp³-hybridized carbons (Fsp3) is 0.400. The number of hydrogen-bond donors (Lipinski definition) is 1. The fourth-order valence-electron chi connectivity index (χ4n) is 0.919. The van der Waals surface area contributed by atoms with Gasteiger partial charge in [0.25, 0.3) is 0 Å². The summed E-state index contributed by atoms with van der Waals surface area (Å²) in [5.41, 5.74) is 5.55. The summed E-state index contributed by atoms with van der Waals surface area (Å²) in [6, 6.07) is 7.52. The molecule has 1 aromatic rings. The third-order valence-corrected chi connectivity index (χ3v) is 1.55. The van der Waals surface area contributed by atoms with Crippen molar-refractivity contribution in [1.29, 1.82) is 0 Å². The lowest BCUT2D eigenvalue weighted by Gasteiger charge is -2.09. The molecule has 0 unspecified atom stereocenters. The summed E-state index contributed by atoms with van der Waals surface area (Å²) < 4.78 is 10.5. The molecule has 0 heterocycles. The fourth-order valence-corrected chi connectivity index (χ4v) is 0.919. The standard InChI is InChI=1S/C10H15NO2/c1-8(11)7-13-10-5-3-4-9(6-10)12-2/h3-6,8H,7,11H2,1-2H3/t8-/m0/s1. The molecule has 1 rings (SSSR count). The van der Waals surface area contributed by atoms with Crippen molar-refractivity contribution in [1.82, 2.24) is 0 Å². The van der Waals surface area contributed by atoms with Crippen LogP contribution in [0, 0.1) is 0 Å². The third kappa shape index (κ3) is 3.34. The van der Waals surface area contributed by atoms with E-state index in [2.05, 4.69) is 0 Å². The van der Waals surface area contributed by atoms with Crippen molar-refractivity contribution >= 4 is 0 Å². The second kappa shape index (κ2) is 4.72. The zero-order valence-corrected chi connectivity index (χ0v) is 7.99. The first-order valence-corrected chi connectivity index (χ1v) is 4.25. The van der Waals surface area contributed by atoms with E-state index in [0.717, 1.165) is 11.5 Å². The first-order valence-electron chi connectivity index (χ1n) is 4.25.